The molecule has 0 aliphatic carbocycles. The molecule has 194 valence electrons. The molecule has 1 saturated heterocycles. The van der Waals surface area contributed by atoms with E-state index in [0.717, 1.165) is 11.1 Å². The summed E-state index contributed by atoms with van der Waals surface area (Å²) in [6, 6.07) is 16.7. The average Bonchev–Trinajstić information content (AvgIpc) is 3.40. The van der Waals surface area contributed by atoms with E-state index in [1.54, 1.807) is 11.0 Å². The fourth-order valence-corrected chi connectivity index (χ4v) is 4.99. The lowest BCUT2D eigenvalue weighted by Crippen LogP contribution is -2.53. The summed E-state index contributed by atoms with van der Waals surface area (Å²) in [4.78, 5) is 39.6. The lowest BCUT2D eigenvalue weighted by Gasteiger charge is -2.40. The lowest BCUT2D eigenvalue weighted by molar-refractivity contribution is -0.142. The van der Waals surface area contributed by atoms with Gasteiger partial charge in [-0.05, 0) is 24.5 Å². The normalized spacial score (nSPS) is 14.6. The van der Waals surface area contributed by atoms with Gasteiger partial charge < -0.3 is 20.7 Å². The summed E-state index contributed by atoms with van der Waals surface area (Å²) < 4.78 is 5.50. The third kappa shape index (κ3) is 6.62. The summed E-state index contributed by atoms with van der Waals surface area (Å²) in [5.41, 5.74) is 6.14. The van der Waals surface area contributed by atoms with Crippen LogP contribution >= 0.6 is 22.9 Å². The first kappa shape index (κ1) is 26.5. The Morgan fingerprint density at radius 1 is 1.05 bits per heavy atom. The Morgan fingerprint density at radius 2 is 1.76 bits per heavy atom. The quantitative estimate of drug-likeness (QED) is 0.397. The van der Waals surface area contributed by atoms with Crippen molar-refractivity contribution in [3.05, 3.63) is 65.2 Å². The van der Waals surface area contributed by atoms with E-state index >= 15 is 0 Å². The smallest absolute Gasteiger partial charge is 0.413 e. The number of nitrogens with two attached hydrogens (primary N) is 1. The number of aromatic nitrogens is 2. The Labute approximate surface area is 223 Å². The number of carbonyl (C=O) groups excluding carboxylic acids is 3. The Hall–Kier alpha value is -3.54. The Morgan fingerprint density at radius 3 is 2.46 bits per heavy atom. The monoisotopic (exact) mass is 542 g/mol. The molecule has 0 unspecified atom stereocenters. The molecule has 4 rings (SSSR count). The van der Waals surface area contributed by atoms with Gasteiger partial charge in [0.1, 0.15) is 11.6 Å². The summed E-state index contributed by atoms with van der Waals surface area (Å²) in [5, 5.41) is 15.1. The Bertz CT molecular complexity index is 1250. The highest BCUT2D eigenvalue weighted by atomic mass is 35.5. The highest BCUT2D eigenvalue weighted by Gasteiger charge is 2.43. The molecule has 1 aliphatic rings. The third-order valence-corrected chi connectivity index (χ3v) is 7.52. The molecule has 3 aromatic rings. The maximum absolute atomic E-state index is 13.4. The fourth-order valence-electron chi connectivity index (χ4n) is 4.05. The zero-order chi connectivity index (χ0) is 26.3. The van der Waals surface area contributed by atoms with Gasteiger partial charge in [-0.15, -0.1) is 10.2 Å². The van der Waals surface area contributed by atoms with E-state index in [-0.39, 0.29) is 36.6 Å². The van der Waals surface area contributed by atoms with Crippen molar-refractivity contribution in [3.63, 3.8) is 0 Å². The van der Waals surface area contributed by atoms with Crippen LogP contribution in [0.3, 0.4) is 0 Å². The van der Waals surface area contributed by atoms with E-state index in [2.05, 4.69) is 20.8 Å². The van der Waals surface area contributed by atoms with E-state index in [9.17, 15) is 14.4 Å². The molecule has 0 atom stereocenters. The Balaban J connectivity index is 1.40. The van der Waals surface area contributed by atoms with Crippen molar-refractivity contribution in [2.45, 2.75) is 19.4 Å². The van der Waals surface area contributed by atoms with Crippen molar-refractivity contribution in [3.8, 4) is 10.6 Å². The molecular formula is C25H27ClN6O4S. The highest BCUT2D eigenvalue weighted by Crippen LogP contribution is 2.33. The van der Waals surface area contributed by atoms with Crippen LogP contribution in [0.25, 0.3) is 10.6 Å². The van der Waals surface area contributed by atoms with Gasteiger partial charge in [0, 0.05) is 30.2 Å². The average molecular weight is 543 g/mol. The zero-order valence-corrected chi connectivity index (χ0v) is 21.6. The summed E-state index contributed by atoms with van der Waals surface area (Å²) in [7, 11) is 0. The number of piperidine rings is 1. The highest BCUT2D eigenvalue weighted by molar-refractivity contribution is 7.18. The molecule has 1 aliphatic heterocycles. The minimum atomic E-state index is -1.01. The van der Waals surface area contributed by atoms with Crippen molar-refractivity contribution in [2.75, 3.05) is 31.6 Å². The number of nitrogens with zero attached hydrogens (tertiary/aromatic N) is 3. The van der Waals surface area contributed by atoms with Crippen molar-refractivity contribution in [1.29, 1.82) is 0 Å². The second kappa shape index (κ2) is 12.1. The largest absolute Gasteiger partial charge is 0.448 e. The number of likely N-dealkylation sites (tertiary alicyclic amines) is 1. The van der Waals surface area contributed by atoms with Crippen LogP contribution in [0, 0.1) is 5.41 Å². The number of amides is 3. The molecule has 12 heteroatoms. The van der Waals surface area contributed by atoms with Crippen LogP contribution in [0.4, 0.5) is 9.93 Å². The van der Waals surface area contributed by atoms with E-state index < -0.39 is 11.5 Å². The number of benzene rings is 2. The predicted octanol–water partition coefficient (Wildman–Crippen LogP) is 3.29. The molecule has 2 heterocycles. The van der Waals surface area contributed by atoms with Gasteiger partial charge in [0.05, 0.1) is 12.0 Å². The van der Waals surface area contributed by atoms with Crippen LogP contribution in [-0.2, 0) is 20.9 Å². The molecule has 4 N–H and O–H groups in total. The number of ether oxygens (including phenoxy) is 1. The van der Waals surface area contributed by atoms with Gasteiger partial charge >= 0.3 is 6.09 Å². The number of carbonyl (C=O) groups is 3. The molecule has 0 saturated carbocycles. The second-order valence-corrected chi connectivity index (χ2v) is 10.0. The van der Waals surface area contributed by atoms with Gasteiger partial charge in [-0.1, -0.05) is 71.5 Å². The molecule has 0 spiro atoms. The van der Waals surface area contributed by atoms with Gasteiger partial charge in [0.25, 0.3) is 0 Å². The molecule has 0 radical (unpaired) electrons. The molecule has 10 nitrogen and oxygen atoms in total. The summed E-state index contributed by atoms with van der Waals surface area (Å²) >= 11 is 7.44. The van der Waals surface area contributed by atoms with Gasteiger partial charge in [-0.25, -0.2) is 4.79 Å². The molecule has 2 aromatic carbocycles. The van der Waals surface area contributed by atoms with Crippen LogP contribution < -0.4 is 16.4 Å². The maximum atomic E-state index is 13.4. The lowest BCUT2D eigenvalue weighted by atomic mass is 9.78. The first-order chi connectivity index (χ1) is 17.9. The van der Waals surface area contributed by atoms with Gasteiger partial charge in [0.15, 0.2) is 0 Å². The summed E-state index contributed by atoms with van der Waals surface area (Å²) in [5.74, 6) is -0.462. The maximum Gasteiger partial charge on any atom is 0.413 e. The Kier molecular flexibility index (Phi) is 8.70. The SMILES string of the molecule is NCC(=O)N1CCC(COC(=O)Nc2nnc(-c3ccccc3)s2)(C(=O)NCc2ccccc2Cl)CC1. The van der Waals surface area contributed by atoms with E-state index in [1.807, 2.05) is 48.5 Å². The first-order valence-corrected chi connectivity index (χ1v) is 12.9. The van der Waals surface area contributed by atoms with E-state index in [4.69, 9.17) is 22.1 Å². The minimum Gasteiger partial charge on any atom is -0.448 e. The van der Waals surface area contributed by atoms with Crippen LogP contribution in [0.15, 0.2) is 54.6 Å². The minimum absolute atomic E-state index is 0.0998. The second-order valence-electron chi connectivity index (χ2n) is 8.62. The number of hydrogen-bond acceptors (Lipinski definition) is 8. The zero-order valence-electron chi connectivity index (χ0n) is 20.0. The third-order valence-electron chi connectivity index (χ3n) is 6.26. The van der Waals surface area contributed by atoms with Crippen molar-refractivity contribution in [1.82, 2.24) is 20.4 Å². The van der Waals surface area contributed by atoms with E-state index in [1.165, 1.54) is 11.3 Å². The number of rotatable bonds is 8. The van der Waals surface area contributed by atoms with Crippen LogP contribution in [0.1, 0.15) is 18.4 Å². The van der Waals surface area contributed by atoms with Crippen LogP contribution in [0.2, 0.25) is 5.02 Å². The van der Waals surface area contributed by atoms with Gasteiger partial charge in [0.2, 0.25) is 16.9 Å². The number of nitrogens with one attached hydrogen (secondary N) is 2. The number of anilines is 1. The van der Waals surface area contributed by atoms with Crippen molar-refractivity contribution in [2.24, 2.45) is 11.1 Å². The van der Waals surface area contributed by atoms with Crippen LogP contribution in [0.5, 0.6) is 0 Å². The molecule has 37 heavy (non-hydrogen) atoms. The predicted molar refractivity (Wildman–Crippen MR) is 141 cm³/mol. The molecule has 1 fully saturated rings. The van der Waals surface area contributed by atoms with Crippen LogP contribution in [-0.4, -0.2) is 59.2 Å². The molecule has 1 aromatic heterocycles. The standard InChI is InChI=1S/C25H27ClN6O4S/c26-19-9-5-4-8-18(19)15-28-22(34)25(10-12-32(13-11-25)20(33)14-27)16-36-24(35)29-23-31-30-21(37-23)17-6-2-1-3-7-17/h1-9H,10-16,27H2,(H,28,34)(H,29,31,35). The fraction of sp³-hybridized carbons (Fsp3) is 0.320. The number of halogens is 1. The van der Waals surface area contributed by atoms with Gasteiger partial charge in [-0.3, -0.25) is 14.9 Å². The molecule has 3 amide bonds. The van der Waals surface area contributed by atoms with Crippen molar-refractivity contribution < 1.29 is 19.1 Å². The van der Waals surface area contributed by atoms with Gasteiger partial charge in [-0.2, -0.15) is 0 Å². The molecular weight excluding hydrogens is 516 g/mol. The number of hydrogen-bond donors (Lipinski definition) is 3. The van der Waals surface area contributed by atoms with Crippen molar-refractivity contribution >= 4 is 46.0 Å². The summed E-state index contributed by atoms with van der Waals surface area (Å²) in [6.45, 7) is 0.624. The van der Waals surface area contributed by atoms with E-state index in [0.29, 0.717) is 36.0 Å². The summed E-state index contributed by atoms with van der Waals surface area (Å²) in [6.07, 6.45) is -0.108. The topological polar surface area (TPSA) is 140 Å². The molecule has 0 bridgehead atoms. The first-order valence-electron chi connectivity index (χ1n) is 11.7.